The van der Waals surface area contributed by atoms with Crippen molar-refractivity contribution in [2.45, 2.75) is 0 Å². The summed E-state index contributed by atoms with van der Waals surface area (Å²) in [5.74, 6) is 0. The molecule has 0 amide bonds. The fraction of sp³-hybridized carbons (Fsp3) is 0.182. The van der Waals surface area contributed by atoms with Crippen molar-refractivity contribution in [2.24, 2.45) is 5.73 Å². The van der Waals surface area contributed by atoms with Gasteiger partial charge >= 0.3 is 0 Å². The molecule has 0 aliphatic heterocycles. The number of anilines is 1. The van der Waals surface area contributed by atoms with E-state index in [2.05, 4.69) is 10.3 Å². The van der Waals surface area contributed by atoms with E-state index in [1.807, 2.05) is 6.08 Å². The minimum atomic E-state index is -0.467. The molecule has 18 heavy (non-hydrogen) atoms. The zero-order chi connectivity index (χ0) is 13.0. The molecule has 1 aromatic heterocycles. The van der Waals surface area contributed by atoms with Gasteiger partial charge in [0.05, 0.1) is 4.92 Å². The molecular formula is C11H12N4O3. The second-order valence-corrected chi connectivity index (χ2v) is 3.52. The summed E-state index contributed by atoms with van der Waals surface area (Å²) in [7, 11) is 0. The summed E-state index contributed by atoms with van der Waals surface area (Å²) in [6, 6.07) is 4.61. The van der Waals surface area contributed by atoms with Crippen LogP contribution in [0, 0.1) is 10.1 Å². The number of non-ortho nitro benzene ring substituents is 1. The zero-order valence-corrected chi connectivity index (χ0v) is 9.50. The first-order chi connectivity index (χ1) is 8.70. The number of rotatable bonds is 5. The minimum absolute atomic E-state index is 0.00891. The van der Waals surface area contributed by atoms with Crippen LogP contribution in [0.3, 0.4) is 0 Å². The van der Waals surface area contributed by atoms with Crippen molar-refractivity contribution in [1.29, 1.82) is 0 Å². The predicted octanol–water partition coefficient (Wildman–Crippen LogP) is 1.66. The molecule has 3 N–H and O–H groups in total. The highest BCUT2D eigenvalue weighted by Crippen LogP contribution is 2.23. The number of nitrogens with one attached hydrogen (secondary N) is 1. The summed E-state index contributed by atoms with van der Waals surface area (Å²) in [5, 5.41) is 13.5. The Bertz CT molecular complexity index is 591. The summed E-state index contributed by atoms with van der Waals surface area (Å²) >= 11 is 0. The van der Waals surface area contributed by atoms with Gasteiger partial charge in [0.15, 0.2) is 5.58 Å². The third-order valence-corrected chi connectivity index (χ3v) is 2.26. The maximum Gasteiger partial charge on any atom is 0.295 e. The Morgan fingerprint density at radius 2 is 2.33 bits per heavy atom. The van der Waals surface area contributed by atoms with E-state index in [0.717, 1.165) is 0 Å². The molecule has 1 heterocycles. The van der Waals surface area contributed by atoms with E-state index in [1.165, 1.54) is 18.2 Å². The molecule has 2 rings (SSSR count). The van der Waals surface area contributed by atoms with E-state index < -0.39 is 4.92 Å². The van der Waals surface area contributed by atoms with Crippen LogP contribution in [0.4, 0.5) is 11.7 Å². The van der Waals surface area contributed by atoms with Crippen LogP contribution in [-0.4, -0.2) is 23.0 Å². The molecule has 0 saturated heterocycles. The standard InChI is InChI=1S/C11H12N4O3/c12-5-1-2-6-13-11-14-9-7-8(15(16)17)3-4-10(9)18-11/h1-4,7H,5-6,12H2,(H,13,14)/b2-1+. The second-order valence-electron chi connectivity index (χ2n) is 3.52. The van der Waals surface area contributed by atoms with Crippen LogP contribution in [-0.2, 0) is 0 Å². The highest BCUT2D eigenvalue weighted by atomic mass is 16.6. The summed E-state index contributed by atoms with van der Waals surface area (Å²) in [6.45, 7) is 1.01. The van der Waals surface area contributed by atoms with Gasteiger partial charge in [0.1, 0.15) is 5.52 Å². The Labute approximate surface area is 102 Å². The number of hydrogen-bond donors (Lipinski definition) is 2. The number of benzene rings is 1. The average Bonchev–Trinajstić information content (AvgIpc) is 2.76. The first-order valence-electron chi connectivity index (χ1n) is 5.34. The monoisotopic (exact) mass is 248 g/mol. The molecule has 0 aliphatic carbocycles. The Kier molecular flexibility index (Phi) is 3.54. The fourth-order valence-corrected chi connectivity index (χ4v) is 1.43. The van der Waals surface area contributed by atoms with Crippen LogP contribution in [0.1, 0.15) is 0 Å². The van der Waals surface area contributed by atoms with Gasteiger partial charge in [-0.2, -0.15) is 4.98 Å². The van der Waals surface area contributed by atoms with Crippen LogP contribution in [0.15, 0.2) is 34.8 Å². The maximum atomic E-state index is 10.6. The van der Waals surface area contributed by atoms with E-state index in [-0.39, 0.29) is 5.69 Å². The van der Waals surface area contributed by atoms with E-state index in [0.29, 0.717) is 30.2 Å². The van der Waals surface area contributed by atoms with Crippen molar-refractivity contribution in [1.82, 2.24) is 4.98 Å². The van der Waals surface area contributed by atoms with Gasteiger partial charge < -0.3 is 15.5 Å². The number of oxazole rings is 1. The highest BCUT2D eigenvalue weighted by molar-refractivity contribution is 5.77. The van der Waals surface area contributed by atoms with Gasteiger partial charge in [0, 0.05) is 25.2 Å². The normalized spacial score (nSPS) is 11.2. The molecule has 0 aliphatic rings. The van der Waals surface area contributed by atoms with Crippen LogP contribution < -0.4 is 11.1 Å². The van der Waals surface area contributed by atoms with E-state index in [4.69, 9.17) is 10.2 Å². The lowest BCUT2D eigenvalue weighted by Crippen LogP contribution is -2.00. The van der Waals surface area contributed by atoms with Crippen LogP contribution in [0.5, 0.6) is 0 Å². The lowest BCUT2D eigenvalue weighted by Gasteiger charge is -1.93. The minimum Gasteiger partial charge on any atom is -0.424 e. The van der Waals surface area contributed by atoms with Gasteiger partial charge in [-0.1, -0.05) is 12.2 Å². The van der Waals surface area contributed by atoms with Crippen molar-refractivity contribution in [2.75, 3.05) is 18.4 Å². The SMILES string of the molecule is NC/C=C/CNc1nc2cc([N+](=O)[O-])ccc2o1. The quantitative estimate of drug-likeness (QED) is 0.473. The fourth-order valence-electron chi connectivity index (χ4n) is 1.43. The third kappa shape index (κ3) is 2.64. The summed E-state index contributed by atoms with van der Waals surface area (Å²) < 4.78 is 5.37. The van der Waals surface area contributed by atoms with Crippen LogP contribution >= 0.6 is 0 Å². The van der Waals surface area contributed by atoms with Crippen molar-refractivity contribution in [3.8, 4) is 0 Å². The molecule has 1 aromatic carbocycles. The molecule has 7 nitrogen and oxygen atoms in total. The third-order valence-electron chi connectivity index (χ3n) is 2.26. The van der Waals surface area contributed by atoms with Gasteiger partial charge in [-0.3, -0.25) is 10.1 Å². The first kappa shape index (κ1) is 12.1. The Morgan fingerprint density at radius 1 is 1.50 bits per heavy atom. The molecule has 0 radical (unpaired) electrons. The van der Waals surface area contributed by atoms with Gasteiger partial charge in [-0.25, -0.2) is 0 Å². The van der Waals surface area contributed by atoms with Crippen molar-refractivity contribution >= 4 is 22.8 Å². The van der Waals surface area contributed by atoms with Crippen molar-refractivity contribution in [3.05, 3.63) is 40.5 Å². The lowest BCUT2D eigenvalue weighted by molar-refractivity contribution is -0.384. The topological polar surface area (TPSA) is 107 Å². The molecule has 7 heteroatoms. The Hall–Kier alpha value is -2.41. The Balaban J connectivity index is 2.16. The summed E-state index contributed by atoms with van der Waals surface area (Å²) in [4.78, 5) is 14.2. The molecule has 0 bridgehead atoms. The molecule has 0 atom stereocenters. The van der Waals surface area contributed by atoms with Gasteiger partial charge in [-0.05, 0) is 6.07 Å². The average molecular weight is 248 g/mol. The largest absolute Gasteiger partial charge is 0.424 e. The molecular weight excluding hydrogens is 236 g/mol. The number of nitro benzene ring substituents is 1. The van der Waals surface area contributed by atoms with Crippen LogP contribution in [0.25, 0.3) is 11.1 Å². The van der Waals surface area contributed by atoms with Crippen LogP contribution in [0.2, 0.25) is 0 Å². The Morgan fingerprint density at radius 3 is 3.06 bits per heavy atom. The van der Waals surface area contributed by atoms with Crippen molar-refractivity contribution < 1.29 is 9.34 Å². The summed E-state index contributed by atoms with van der Waals surface area (Å²) in [5.41, 5.74) is 6.25. The van der Waals surface area contributed by atoms with E-state index in [9.17, 15) is 10.1 Å². The van der Waals surface area contributed by atoms with Gasteiger partial charge in [0.2, 0.25) is 0 Å². The highest BCUT2D eigenvalue weighted by Gasteiger charge is 2.10. The molecule has 94 valence electrons. The van der Waals surface area contributed by atoms with Gasteiger partial charge in [0.25, 0.3) is 11.7 Å². The number of aromatic nitrogens is 1. The number of nitrogens with zero attached hydrogens (tertiary/aromatic N) is 2. The second kappa shape index (κ2) is 5.28. The number of nitro groups is 1. The van der Waals surface area contributed by atoms with Crippen molar-refractivity contribution in [3.63, 3.8) is 0 Å². The number of nitrogens with two attached hydrogens (primary N) is 1. The molecule has 2 aromatic rings. The molecule has 0 unspecified atom stereocenters. The smallest absolute Gasteiger partial charge is 0.295 e. The molecule has 0 spiro atoms. The number of fused-ring (bicyclic) bond motifs is 1. The predicted molar refractivity (Wildman–Crippen MR) is 67.3 cm³/mol. The molecule has 0 saturated carbocycles. The lowest BCUT2D eigenvalue weighted by atomic mass is 10.3. The maximum absolute atomic E-state index is 10.6. The zero-order valence-electron chi connectivity index (χ0n) is 9.50. The van der Waals surface area contributed by atoms with Gasteiger partial charge in [-0.15, -0.1) is 0 Å². The van der Waals surface area contributed by atoms with E-state index in [1.54, 1.807) is 6.08 Å². The first-order valence-corrected chi connectivity index (χ1v) is 5.34. The molecule has 0 fully saturated rings. The summed E-state index contributed by atoms with van der Waals surface area (Å²) in [6.07, 6.45) is 3.65. The van der Waals surface area contributed by atoms with E-state index >= 15 is 0 Å². The number of hydrogen-bond acceptors (Lipinski definition) is 6.